The molecule has 5 heteroatoms. The lowest BCUT2D eigenvalue weighted by molar-refractivity contribution is -0.126. The number of rotatable bonds is 6. The van der Waals surface area contributed by atoms with Gasteiger partial charge in [-0.05, 0) is 37.5 Å². The van der Waals surface area contributed by atoms with Crippen molar-refractivity contribution in [3.63, 3.8) is 0 Å². The molecule has 2 aromatic rings. The van der Waals surface area contributed by atoms with Crippen LogP contribution in [0.2, 0.25) is 0 Å². The molecule has 5 nitrogen and oxygen atoms in total. The Labute approximate surface area is 184 Å². The average Bonchev–Trinajstić information content (AvgIpc) is 3.03. The minimum absolute atomic E-state index is 0.0715. The van der Waals surface area contributed by atoms with Crippen molar-refractivity contribution in [2.24, 2.45) is 0 Å². The molecule has 1 aliphatic heterocycles. The lowest BCUT2D eigenvalue weighted by Crippen LogP contribution is -2.43. The standard InChI is InChI=1S/C26H32N2O3/c1-2-31-23-17-11-8-12-19(23)18-28-24(21-15-9-10-16-22(21)26(28)30)25(29)27-20-13-6-4-3-5-7-14-20/h8-12,15-17,20,24H,2-7,13-14,18H2,1H3,(H,27,29)/t24-/m1/s1. The van der Waals surface area contributed by atoms with Gasteiger partial charge in [-0.1, -0.05) is 68.5 Å². The van der Waals surface area contributed by atoms with Gasteiger partial charge in [0.15, 0.2) is 0 Å². The third-order valence-electron chi connectivity index (χ3n) is 6.37. The molecule has 1 fully saturated rings. The maximum Gasteiger partial charge on any atom is 0.255 e. The van der Waals surface area contributed by atoms with Crippen molar-refractivity contribution < 1.29 is 14.3 Å². The van der Waals surface area contributed by atoms with Crippen LogP contribution in [0.5, 0.6) is 5.75 Å². The third kappa shape index (κ3) is 4.76. The monoisotopic (exact) mass is 420 g/mol. The fraction of sp³-hybridized carbons (Fsp3) is 0.462. The van der Waals surface area contributed by atoms with E-state index in [1.165, 1.54) is 19.3 Å². The molecule has 0 aromatic heterocycles. The first-order valence-corrected chi connectivity index (χ1v) is 11.6. The second-order valence-electron chi connectivity index (χ2n) is 8.51. The molecule has 2 aromatic carbocycles. The number of carbonyl (C=O) groups is 2. The Hall–Kier alpha value is -2.82. The molecule has 0 spiro atoms. The lowest BCUT2D eigenvalue weighted by atomic mass is 9.96. The zero-order chi connectivity index (χ0) is 21.6. The summed E-state index contributed by atoms with van der Waals surface area (Å²) in [6, 6.07) is 14.8. The molecule has 1 heterocycles. The van der Waals surface area contributed by atoms with Gasteiger partial charge in [0.2, 0.25) is 5.91 Å². The highest BCUT2D eigenvalue weighted by atomic mass is 16.5. The molecule has 2 aliphatic rings. The van der Waals surface area contributed by atoms with Gasteiger partial charge in [-0.25, -0.2) is 0 Å². The van der Waals surface area contributed by atoms with Crippen LogP contribution in [0.25, 0.3) is 0 Å². The second-order valence-corrected chi connectivity index (χ2v) is 8.51. The summed E-state index contributed by atoms with van der Waals surface area (Å²) < 4.78 is 5.76. The van der Waals surface area contributed by atoms with Gasteiger partial charge in [-0.2, -0.15) is 0 Å². The molecule has 0 bridgehead atoms. The van der Waals surface area contributed by atoms with E-state index in [1.807, 2.05) is 55.5 Å². The summed E-state index contributed by atoms with van der Waals surface area (Å²) >= 11 is 0. The van der Waals surface area contributed by atoms with E-state index in [1.54, 1.807) is 4.90 Å². The van der Waals surface area contributed by atoms with Crippen LogP contribution >= 0.6 is 0 Å². The SMILES string of the molecule is CCOc1ccccc1CN1C(=O)c2ccccc2[C@@H]1C(=O)NC1CCCCCCC1. The highest BCUT2D eigenvalue weighted by Gasteiger charge is 2.41. The predicted molar refractivity (Wildman–Crippen MR) is 121 cm³/mol. The number of amides is 2. The molecule has 1 aliphatic carbocycles. The number of carbonyl (C=O) groups excluding carboxylic acids is 2. The molecule has 31 heavy (non-hydrogen) atoms. The maximum atomic E-state index is 13.5. The van der Waals surface area contributed by atoms with E-state index in [0.29, 0.717) is 18.7 Å². The fourth-order valence-corrected chi connectivity index (χ4v) is 4.81. The number of fused-ring (bicyclic) bond motifs is 1. The van der Waals surface area contributed by atoms with Gasteiger partial charge in [0.1, 0.15) is 11.8 Å². The number of benzene rings is 2. The van der Waals surface area contributed by atoms with Gasteiger partial charge in [-0.3, -0.25) is 9.59 Å². The van der Waals surface area contributed by atoms with E-state index in [2.05, 4.69) is 5.32 Å². The van der Waals surface area contributed by atoms with Gasteiger partial charge in [0.25, 0.3) is 5.91 Å². The van der Waals surface area contributed by atoms with Crippen LogP contribution in [0.3, 0.4) is 0 Å². The molecule has 1 atom stereocenters. The van der Waals surface area contributed by atoms with Crippen molar-refractivity contribution in [1.29, 1.82) is 0 Å². The van der Waals surface area contributed by atoms with Crippen molar-refractivity contribution in [2.75, 3.05) is 6.61 Å². The third-order valence-corrected chi connectivity index (χ3v) is 6.37. The summed E-state index contributed by atoms with van der Waals surface area (Å²) in [4.78, 5) is 28.5. The quantitative estimate of drug-likeness (QED) is 0.714. The highest BCUT2D eigenvalue weighted by Crippen LogP contribution is 2.36. The summed E-state index contributed by atoms with van der Waals surface area (Å²) in [7, 11) is 0. The summed E-state index contributed by atoms with van der Waals surface area (Å²) in [6.07, 6.45) is 8.09. The first kappa shape index (κ1) is 21.4. The smallest absolute Gasteiger partial charge is 0.255 e. The van der Waals surface area contributed by atoms with Crippen LogP contribution in [0, 0.1) is 0 Å². The van der Waals surface area contributed by atoms with Crippen LogP contribution in [-0.4, -0.2) is 29.4 Å². The number of hydrogen-bond donors (Lipinski definition) is 1. The minimum atomic E-state index is -0.608. The van der Waals surface area contributed by atoms with E-state index in [-0.39, 0.29) is 17.9 Å². The highest BCUT2D eigenvalue weighted by molar-refractivity contribution is 6.04. The van der Waals surface area contributed by atoms with Crippen molar-refractivity contribution in [1.82, 2.24) is 10.2 Å². The zero-order valence-corrected chi connectivity index (χ0v) is 18.3. The molecule has 0 unspecified atom stereocenters. The van der Waals surface area contributed by atoms with E-state index in [4.69, 9.17) is 4.74 Å². The van der Waals surface area contributed by atoms with Crippen LogP contribution in [-0.2, 0) is 11.3 Å². The van der Waals surface area contributed by atoms with Gasteiger partial charge < -0.3 is 15.0 Å². The van der Waals surface area contributed by atoms with E-state index in [9.17, 15) is 9.59 Å². The van der Waals surface area contributed by atoms with Crippen LogP contribution in [0.1, 0.15) is 79.4 Å². The number of hydrogen-bond acceptors (Lipinski definition) is 3. The Morgan fingerprint density at radius 1 is 1.00 bits per heavy atom. The topological polar surface area (TPSA) is 58.6 Å². The van der Waals surface area contributed by atoms with Crippen LogP contribution in [0.4, 0.5) is 0 Å². The van der Waals surface area contributed by atoms with Gasteiger partial charge in [0.05, 0.1) is 13.2 Å². The molecule has 1 saturated carbocycles. The Bertz CT molecular complexity index is 918. The van der Waals surface area contributed by atoms with Gasteiger partial charge in [-0.15, -0.1) is 0 Å². The van der Waals surface area contributed by atoms with E-state index in [0.717, 1.165) is 42.6 Å². The Balaban J connectivity index is 1.59. The summed E-state index contributed by atoms with van der Waals surface area (Å²) in [5.41, 5.74) is 2.33. The lowest BCUT2D eigenvalue weighted by Gasteiger charge is -2.28. The fourth-order valence-electron chi connectivity index (χ4n) is 4.81. The van der Waals surface area contributed by atoms with Crippen molar-refractivity contribution in [3.8, 4) is 5.75 Å². The largest absolute Gasteiger partial charge is 0.494 e. The van der Waals surface area contributed by atoms with E-state index < -0.39 is 6.04 Å². The molecular weight excluding hydrogens is 388 g/mol. The number of nitrogens with zero attached hydrogens (tertiary/aromatic N) is 1. The molecule has 2 amide bonds. The average molecular weight is 421 g/mol. The normalized spacial score (nSPS) is 19.5. The van der Waals surface area contributed by atoms with Gasteiger partial charge >= 0.3 is 0 Å². The molecule has 164 valence electrons. The number of para-hydroxylation sites is 1. The molecule has 1 N–H and O–H groups in total. The summed E-state index contributed by atoms with van der Waals surface area (Å²) in [5.74, 6) is 0.588. The predicted octanol–water partition coefficient (Wildman–Crippen LogP) is 5.01. The van der Waals surface area contributed by atoms with Crippen molar-refractivity contribution in [3.05, 3.63) is 65.2 Å². The zero-order valence-electron chi connectivity index (χ0n) is 18.3. The van der Waals surface area contributed by atoms with Crippen molar-refractivity contribution in [2.45, 2.75) is 70.5 Å². The maximum absolute atomic E-state index is 13.5. The number of ether oxygens (including phenoxy) is 1. The summed E-state index contributed by atoms with van der Waals surface area (Å²) in [5, 5.41) is 3.28. The summed E-state index contributed by atoms with van der Waals surface area (Å²) in [6.45, 7) is 2.84. The molecule has 0 radical (unpaired) electrons. The van der Waals surface area contributed by atoms with Crippen LogP contribution < -0.4 is 10.1 Å². The number of nitrogens with one attached hydrogen (secondary N) is 1. The van der Waals surface area contributed by atoms with E-state index >= 15 is 0 Å². The van der Waals surface area contributed by atoms with Gasteiger partial charge in [0, 0.05) is 17.2 Å². The Morgan fingerprint density at radius 3 is 2.45 bits per heavy atom. The Morgan fingerprint density at radius 2 is 1.68 bits per heavy atom. The first-order valence-electron chi connectivity index (χ1n) is 11.6. The minimum Gasteiger partial charge on any atom is -0.494 e. The Kier molecular flexibility index (Phi) is 6.90. The first-order chi connectivity index (χ1) is 15.2. The van der Waals surface area contributed by atoms with Crippen LogP contribution in [0.15, 0.2) is 48.5 Å². The second kappa shape index (κ2) is 9.99. The molecule has 4 rings (SSSR count). The van der Waals surface area contributed by atoms with Crippen molar-refractivity contribution >= 4 is 11.8 Å². The molecular formula is C26H32N2O3. The molecule has 0 saturated heterocycles.